The Labute approximate surface area is 360 Å². The van der Waals surface area contributed by atoms with Gasteiger partial charge in [0.15, 0.2) is 5.82 Å². The predicted molar refractivity (Wildman–Crippen MR) is 262 cm³/mol. The van der Waals surface area contributed by atoms with Crippen molar-refractivity contribution in [3.05, 3.63) is 231 Å². The largest absolute Gasteiger partial charge is 0.228 e. The minimum Gasteiger partial charge on any atom is -0.228 e. The molecule has 0 saturated carbocycles. The van der Waals surface area contributed by atoms with Crippen molar-refractivity contribution in [3.8, 4) is 67.3 Å². The molecule has 0 spiro atoms. The quantitative estimate of drug-likeness (QED) is 0.124. The van der Waals surface area contributed by atoms with Gasteiger partial charge < -0.3 is 0 Å². The Morgan fingerprint density at radius 3 is 1.55 bits per heavy atom. The van der Waals surface area contributed by atoms with Gasteiger partial charge in [-0.15, -0.1) is 0 Å². The van der Waals surface area contributed by atoms with E-state index in [1.807, 2.05) is 6.07 Å². The van der Waals surface area contributed by atoms with Gasteiger partial charge >= 0.3 is 0 Å². The second kappa shape index (κ2) is 14.8. The van der Waals surface area contributed by atoms with Crippen LogP contribution in [-0.2, 0) is 0 Å². The normalized spacial score (nSPS) is 11.5. The lowest BCUT2D eigenvalue weighted by Gasteiger charge is -2.21. The first-order valence-electron chi connectivity index (χ1n) is 21.2. The molecule has 11 aromatic carbocycles. The van der Waals surface area contributed by atoms with Gasteiger partial charge in [0.2, 0.25) is 0 Å². The molecule has 288 valence electrons. The molecular formula is C60H38N2. The van der Waals surface area contributed by atoms with Gasteiger partial charge in [-0.3, -0.25) is 0 Å². The van der Waals surface area contributed by atoms with Crippen LogP contribution in [0.15, 0.2) is 231 Å². The van der Waals surface area contributed by atoms with Crippen molar-refractivity contribution < 1.29 is 0 Å². The van der Waals surface area contributed by atoms with E-state index in [0.717, 1.165) is 39.0 Å². The summed E-state index contributed by atoms with van der Waals surface area (Å²) in [5.41, 5.74) is 12.1. The summed E-state index contributed by atoms with van der Waals surface area (Å²) in [6, 6.07) is 83.1. The lowest BCUT2D eigenvalue weighted by molar-refractivity contribution is 1.18. The molecule has 1 aromatic heterocycles. The van der Waals surface area contributed by atoms with E-state index < -0.39 is 0 Å². The maximum absolute atomic E-state index is 5.33. The van der Waals surface area contributed by atoms with Crippen molar-refractivity contribution in [2.24, 2.45) is 0 Å². The van der Waals surface area contributed by atoms with Crippen LogP contribution in [-0.4, -0.2) is 9.97 Å². The molecule has 2 nitrogen and oxygen atoms in total. The van der Waals surface area contributed by atoms with E-state index in [1.54, 1.807) is 0 Å². The molecule has 0 bridgehead atoms. The molecule has 0 unspecified atom stereocenters. The summed E-state index contributed by atoms with van der Waals surface area (Å²) in [4.78, 5) is 10.6. The first kappa shape index (κ1) is 35.7. The highest BCUT2D eigenvalue weighted by atomic mass is 14.9. The van der Waals surface area contributed by atoms with E-state index >= 15 is 0 Å². The molecule has 0 atom stereocenters. The average molecular weight is 787 g/mol. The Bertz CT molecular complexity index is 3680. The maximum atomic E-state index is 5.33. The predicted octanol–water partition coefficient (Wildman–Crippen LogP) is 16.2. The Hall–Kier alpha value is -8.20. The van der Waals surface area contributed by atoms with Crippen LogP contribution in [0.25, 0.3) is 121 Å². The fraction of sp³-hybridized carbons (Fsp3) is 0. The third-order valence-electron chi connectivity index (χ3n) is 12.4. The van der Waals surface area contributed by atoms with Gasteiger partial charge in [-0.25, -0.2) is 9.97 Å². The molecule has 2 heteroatoms. The highest BCUT2D eigenvalue weighted by molar-refractivity contribution is 6.29. The molecule has 0 aliphatic rings. The summed E-state index contributed by atoms with van der Waals surface area (Å²) in [5.74, 6) is 0.697. The molecule has 0 aliphatic carbocycles. The van der Waals surface area contributed by atoms with Crippen LogP contribution in [0.3, 0.4) is 0 Å². The topological polar surface area (TPSA) is 25.8 Å². The van der Waals surface area contributed by atoms with Crippen LogP contribution in [0.1, 0.15) is 0 Å². The van der Waals surface area contributed by atoms with Gasteiger partial charge in [-0.2, -0.15) is 0 Å². The maximum Gasteiger partial charge on any atom is 0.160 e. The Balaban J connectivity index is 1.08. The molecule has 0 aliphatic heterocycles. The first-order valence-corrected chi connectivity index (χ1v) is 21.2. The molecule has 0 saturated heterocycles. The van der Waals surface area contributed by atoms with Crippen molar-refractivity contribution in [1.82, 2.24) is 9.97 Å². The van der Waals surface area contributed by atoms with E-state index in [1.165, 1.54) is 76.3 Å². The van der Waals surface area contributed by atoms with Gasteiger partial charge in [-0.05, 0) is 105 Å². The molecule has 0 N–H and O–H groups in total. The molecule has 0 fully saturated rings. The Morgan fingerprint density at radius 2 is 0.774 bits per heavy atom. The number of aromatic nitrogens is 2. The van der Waals surface area contributed by atoms with Crippen LogP contribution >= 0.6 is 0 Å². The van der Waals surface area contributed by atoms with Crippen molar-refractivity contribution in [3.63, 3.8) is 0 Å². The summed E-state index contributed by atoms with van der Waals surface area (Å²) < 4.78 is 0. The van der Waals surface area contributed by atoms with Crippen LogP contribution in [0.4, 0.5) is 0 Å². The SMILES string of the molecule is c1ccc(-c2nc(-c3cccc(-c4ccc5ccccc5c4)c3)cc(-c3ccc(-c4c5ccccc5c(-c5ccccc5)c5c4ccc4ccccc45)c4ccccc34)n2)cc1. The van der Waals surface area contributed by atoms with Gasteiger partial charge in [0.1, 0.15) is 0 Å². The number of nitrogens with zero attached hydrogens (tertiary/aromatic N) is 2. The van der Waals surface area contributed by atoms with E-state index in [2.05, 4.69) is 224 Å². The van der Waals surface area contributed by atoms with Gasteiger partial charge in [0.25, 0.3) is 0 Å². The van der Waals surface area contributed by atoms with Crippen LogP contribution < -0.4 is 0 Å². The van der Waals surface area contributed by atoms with Crippen molar-refractivity contribution in [1.29, 1.82) is 0 Å². The summed E-state index contributed by atoms with van der Waals surface area (Å²) in [6.45, 7) is 0. The zero-order valence-electron chi connectivity index (χ0n) is 33.8. The summed E-state index contributed by atoms with van der Waals surface area (Å²) in [7, 11) is 0. The van der Waals surface area contributed by atoms with Crippen LogP contribution in [0.5, 0.6) is 0 Å². The zero-order valence-corrected chi connectivity index (χ0v) is 33.8. The third-order valence-corrected chi connectivity index (χ3v) is 12.4. The summed E-state index contributed by atoms with van der Waals surface area (Å²) in [6.07, 6.45) is 0. The van der Waals surface area contributed by atoms with Crippen molar-refractivity contribution in [2.45, 2.75) is 0 Å². The minimum atomic E-state index is 0.697. The molecule has 0 amide bonds. The molecule has 12 rings (SSSR count). The number of hydrogen-bond acceptors (Lipinski definition) is 2. The van der Waals surface area contributed by atoms with Gasteiger partial charge in [0, 0.05) is 16.7 Å². The highest BCUT2D eigenvalue weighted by Gasteiger charge is 2.21. The highest BCUT2D eigenvalue weighted by Crippen LogP contribution is 2.48. The smallest absolute Gasteiger partial charge is 0.160 e. The van der Waals surface area contributed by atoms with Gasteiger partial charge in [0.05, 0.1) is 11.4 Å². The van der Waals surface area contributed by atoms with Crippen molar-refractivity contribution >= 4 is 53.9 Å². The molecule has 12 aromatic rings. The molecule has 62 heavy (non-hydrogen) atoms. The molecule has 1 heterocycles. The summed E-state index contributed by atoms with van der Waals surface area (Å²) in [5, 5.41) is 12.2. The lowest BCUT2D eigenvalue weighted by atomic mass is 9.82. The van der Waals surface area contributed by atoms with Crippen LogP contribution in [0.2, 0.25) is 0 Å². The van der Waals surface area contributed by atoms with Gasteiger partial charge in [-0.1, -0.05) is 212 Å². The molecule has 0 radical (unpaired) electrons. The second-order valence-corrected chi connectivity index (χ2v) is 16.0. The lowest BCUT2D eigenvalue weighted by Crippen LogP contribution is -1.97. The zero-order chi connectivity index (χ0) is 41.0. The standard InChI is InChI=1S/C60H38N2/c1-3-18-41(19-4-1)57-51-28-13-14-29-52(51)58(54-33-32-40-17-9-10-25-47(40)59(54)57)53-35-34-50(48-26-11-12-27-49(48)53)56-38-55(61-60(62-56)42-20-5-2-6-21-42)46-24-15-23-44(37-46)45-31-30-39-16-7-8-22-43(39)36-45/h1-38H. The minimum absolute atomic E-state index is 0.697. The summed E-state index contributed by atoms with van der Waals surface area (Å²) >= 11 is 0. The van der Waals surface area contributed by atoms with E-state index in [4.69, 9.17) is 9.97 Å². The fourth-order valence-corrected chi connectivity index (χ4v) is 9.56. The number of hydrogen-bond donors (Lipinski definition) is 0. The number of rotatable bonds is 6. The monoisotopic (exact) mass is 786 g/mol. The number of fused-ring (bicyclic) bond motifs is 6. The van der Waals surface area contributed by atoms with Crippen molar-refractivity contribution in [2.75, 3.05) is 0 Å². The Morgan fingerprint density at radius 1 is 0.242 bits per heavy atom. The van der Waals surface area contributed by atoms with E-state index in [0.29, 0.717) is 5.82 Å². The second-order valence-electron chi connectivity index (χ2n) is 16.0. The van der Waals surface area contributed by atoms with E-state index in [9.17, 15) is 0 Å². The van der Waals surface area contributed by atoms with Crippen LogP contribution in [0, 0.1) is 0 Å². The first-order chi connectivity index (χ1) is 30.7. The Kier molecular flexibility index (Phi) is 8.53. The molecular weight excluding hydrogens is 749 g/mol. The fourth-order valence-electron chi connectivity index (χ4n) is 9.56. The number of benzene rings is 11. The third kappa shape index (κ3) is 6.04. The van der Waals surface area contributed by atoms with E-state index in [-0.39, 0.29) is 0 Å². The average Bonchev–Trinajstić information content (AvgIpc) is 3.35.